The van der Waals surface area contributed by atoms with Gasteiger partial charge in [-0.1, -0.05) is 6.08 Å². The lowest BCUT2D eigenvalue weighted by atomic mass is 10.0. The molecule has 9 heteroatoms. The summed E-state index contributed by atoms with van der Waals surface area (Å²) >= 11 is 0. The number of halogens is 6. The van der Waals surface area contributed by atoms with E-state index in [1.807, 2.05) is 0 Å². The first-order chi connectivity index (χ1) is 7.45. The molecule has 0 aromatic carbocycles. The van der Waals surface area contributed by atoms with Gasteiger partial charge in [-0.2, -0.15) is 26.3 Å². The predicted molar refractivity (Wildman–Crippen MR) is 47.2 cm³/mol. The number of carbonyl (C=O) groups excluding carboxylic acids is 1. The molecule has 0 atom stereocenters. The molecule has 0 aliphatic rings. The maximum atomic E-state index is 12.3. The summed E-state index contributed by atoms with van der Waals surface area (Å²) in [5.41, 5.74) is -4.30. The van der Waals surface area contributed by atoms with Gasteiger partial charge in [0.05, 0.1) is 0 Å². The van der Waals surface area contributed by atoms with Crippen molar-refractivity contribution in [1.82, 2.24) is 10.6 Å². The first-order valence-corrected chi connectivity index (χ1v) is 4.26. The zero-order valence-corrected chi connectivity index (χ0v) is 8.67. The summed E-state index contributed by atoms with van der Waals surface area (Å²) in [6, 6.07) is -1.58. The number of hydrogen-bond acceptors (Lipinski definition) is 1. The van der Waals surface area contributed by atoms with Crippen LogP contribution < -0.4 is 10.6 Å². The lowest BCUT2D eigenvalue weighted by Crippen LogP contribution is -2.66. The summed E-state index contributed by atoms with van der Waals surface area (Å²) in [6.07, 6.45) is -10.2. The molecule has 0 saturated heterocycles. The molecule has 0 saturated carbocycles. The van der Waals surface area contributed by atoms with E-state index < -0.39 is 23.9 Å². The minimum atomic E-state index is -5.66. The molecule has 0 fully saturated rings. The molecule has 0 spiro atoms. The zero-order chi connectivity index (χ0) is 13.9. The second-order valence-corrected chi connectivity index (χ2v) is 3.24. The van der Waals surface area contributed by atoms with Crippen molar-refractivity contribution in [1.29, 1.82) is 0 Å². The Morgan fingerprint density at radius 3 is 1.88 bits per heavy atom. The first kappa shape index (κ1) is 15.6. The quantitative estimate of drug-likeness (QED) is 0.596. The minimum Gasteiger partial charge on any atom is -0.335 e. The van der Waals surface area contributed by atoms with Crippen LogP contribution in [0.4, 0.5) is 31.1 Å². The minimum absolute atomic E-state index is 0.152. The Hall–Kier alpha value is -1.41. The van der Waals surface area contributed by atoms with E-state index in [0.29, 0.717) is 0 Å². The lowest BCUT2D eigenvalue weighted by molar-refractivity contribution is -0.297. The molecule has 0 aromatic rings. The van der Waals surface area contributed by atoms with Gasteiger partial charge in [0.15, 0.2) is 0 Å². The highest BCUT2D eigenvalue weighted by atomic mass is 19.4. The highest BCUT2D eigenvalue weighted by Crippen LogP contribution is 2.42. The number of hydrogen-bond donors (Lipinski definition) is 2. The van der Waals surface area contributed by atoms with Crippen LogP contribution in [0.5, 0.6) is 0 Å². The molecule has 0 heterocycles. The SMILES string of the molecule is C=CCNC(=O)NC(C)(C(F)(F)F)C(F)(F)F. The van der Waals surface area contributed by atoms with Crippen LogP contribution in [-0.4, -0.2) is 30.5 Å². The number of amides is 2. The zero-order valence-electron chi connectivity index (χ0n) is 8.67. The first-order valence-electron chi connectivity index (χ1n) is 4.26. The third-order valence-corrected chi connectivity index (χ3v) is 1.90. The van der Waals surface area contributed by atoms with Crippen molar-refractivity contribution in [2.45, 2.75) is 24.8 Å². The van der Waals surface area contributed by atoms with Gasteiger partial charge in [0.2, 0.25) is 5.54 Å². The largest absolute Gasteiger partial charge is 0.420 e. The average Bonchev–Trinajstić information content (AvgIpc) is 2.10. The fraction of sp³-hybridized carbons (Fsp3) is 0.625. The van der Waals surface area contributed by atoms with Crippen molar-refractivity contribution in [3.63, 3.8) is 0 Å². The lowest BCUT2D eigenvalue weighted by Gasteiger charge is -2.34. The van der Waals surface area contributed by atoms with Gasteiger partial charge in [0, 0.05) is 6.54 Å². The van der Waals surface area contributed by atoms with Crippen LogP contribution in [-0.2, 0) is 0 Å². The van der Waals surface area contributed by atoms with Gasteiger partial charge < -0.3 is 10.6 Å². The molecule has 0 rings (SSSR count). The van der Waals surface area contributed by atoms with E-state index in [-0.39, 0.29) is 13.5 Å². The Labute approximate surface area is 92.9 Å². The van der Waals surface area contributed by atoms with Crippen molar-refractivity contribution in [2.75, 3.05) is 6.54 Å². The summed E-state index contributed by atoms with van der Waals surface area (Å²) < 4.78 is 73.8. The summed E-state index contributed by atoms with van der Waals surface area (Å²) in [5, 5.41) is 2.62. The molecule has 0 radical (unpaired) electrons. The number of urea groups is 1. The summed E-state index contributed by atoms with van der Waals surface area (Å²) in [4.78, 5) is 10.8. The van der Waals surface area contributed by atoms with Crippen molar-refractivity contribution in [3.05, 3.63) is 12.7 Å². The molecule has 2 N–H and O–H groups in total. The van der Waals surface area contributed by atoms with Gasteiger partial charge >= 0.3 is 18.4 Å². The van der Waals surface area contributed by atoms with Crippen molar-refractivity contribution in [3.8, 4) is 0 Å². The normalized spacial score (nSPS) is 13.1. The summed E-state index contributed by atoms with van der Waals surface area (Å²) in [7, 11) is 0. The number of nitrogens with one attached hydrogen (secondary N) is 2. The van der Waals surface area contributed by atoms with E-state index in [1.54, 1.807) is 5.32 Å². The Morgan fingerprint density at radius 1 is 1.18 bits per heavy atom. The second-order valence-electron chi connectivity index (χ2n) is 3.24. The Kier molecular flexibility index (Phi) is 4.44. The van der Waals surface area contributed by atoms with Crippen LogP contribution >= 0.6 is 0 Å². The molecule has 0 aliphatic carbocycles. The molecule has 0 aliphatic heterocycles. The number of carbonyl (C=O) groups is 1. The third-order valence-electron chi connectivity index (χ3n) is 1.90. The van der Waals surface area contributed by atoms with Crippen LogP contribution in [0.2, 0.25) is 0 Å². The van der Waals surface area contributed by atoms with Gasteiger partial charge in [-0.05, 0) is 6.92 Å². The molecule has 3 nitrogen and oxygen atoms in total. The van der Waals surface area contributed by atoms with Crippen LogP contribution in [0.15, 0.2) is 12.7 Å². The maximum absolute atomic E-state index is 12.3. The fourth-order valence-corrected chi connectivity index (χ4v) is 0.739. The summed E-state index contributed by atoms with van der Waals surface area (Å²) in [6.45, 7) is 2.74. The van der Waals surface area contributed by atoms with Crippen molar-refractivity contribution < 1.29 is 31.1 Å². The van der Waals surface area contributed by atoms with Gasteiger partial charge in [-0.15, -0.1) is 6.58 Å². The topological polar surface area (TPSA) is 41.1 Å². The van der Waals surface area contributed by atoms with Gasteiger partial charge in [-0.3, -0.25) is 0 Å². The standard InChI is InChI=1S/C8H10F6N2O/c1-3-4-15-5(17)16-6(2,7(9,10)11)8(12,13)14/h3H,1,4H2,2H3,(H2,15,16,17). The third kappa shape index (κ3) is 3.53. The highest BCUT2D eigenvalue weighted by Gasteiger charge is 2.68. The van der Waals surface area contributed by atoms with Gasteiger partial charge in [0.1, 0.15) is 0 Å². The summed E-state index contributed by atoms with van der Waals surface area (Å²) in [5.74, 6) is 0. The number of rotatable bonds is 3. The van der Waals surface area contributed by atoms with Gasteiger partial charge in [-0.25, -0.2) is 4.79 Å². The van der Waals surface area contributed by atoms with Crippen molar-refractivity contribution >= 4 is 6.03 Å². The van der Waals surface area contributed by atoms with Gasteiger partial charge in [0.25, 0.3) is 0 Å². The monoisotopic (exact) mass is 264 g/mol. The molecular formula is C8H10F6N2O. The second kappa shape index (κ2) is 4.84. The Balaban J connectivity index is 4.99. The molecule has 17 heavy (non-hydrogen) atoms. The van der Waals surface area contributed by atoms with Crippen LogP contribution in [0.1, 0.15) is 6.92 Å². The molecule has 0 unspecified atom stereocenters. The highest BCUT2D eigenvalue weighted by molar-refractivity contribution is 5.75. The average molecular weight is 264 g/mol. The maximum Gasteiger partial charge on any atom is 0.420 e. The van der Waals surface area contributed by atoms with Crippen LogP contribution in [0, 0.1) is 0 Å². The van der Waals surface area contributed by atoms with Crippen LogP contribution in [0.25, 0.3) is 0 Å². The molecule has 100 valence electrons. The smallest absolute Gasteiger partial charge is 0.335 e. The fourth-order valence-electron chi connectivity index (χ4n) is 0.739. The molecule has 0 aromatic heterocycles. The van der Waals surface area contributed by atoms with Crippen LogP contribution in [0.3, 0.4) is 0 Å². The van der Waals surface area contributed by atoms with Crippen molar-refractivity contribution in [2.24, 2.45) is 0 Å². The van der Waals surface area contributed by atoms with E-state index >= 15 is 0 Å². The predicted octanol–water partition coefficient (Wildman–Crippen LogP) is 2.35. The van der Waals surface area contributed by atoms with E-state index in [1.165, 1.54) is 0 Å². The number of alkyl halides is 6. The molecular weight excluding hydrogens is 254 g/mol. The van der Waals surface area contributed by atoms with E-state index in [4.69, 9.17) is 0 Å². The van der Waals surface area contributed by atoms with E-state index in [2.05, 4.69) is 6.58 Å². The molecule has 2 amide bonds. The Bertz CT molecular complexity index is 281. The van der Waals surface area contributed by atoms with E-state index in [9.17, 15) is 31.1 Å². The Morgan fingerprint density at radius 2 is 1.59 bits per heavy atom. The molecule has 0 bridgehead atoms. The van der Waals surface area contributed by atoms with E-state index in [0.717, 1.165) is 11.4 Å².